The highest BCUT2D eigenvalue weighted by Crippen LogP contribution is 2.27. The Kier molecular flexibility index (Phi) is 7.71. The van der Waals surface area contributed by atoms with Gasteiger partial charge in [-0.1, -0.05) is 0 Å². The van der Waals surface area contributed by atoms with Crippen LogP contribution in [0, 0.1) is 0 Å². The number of hydrogen-bond donors (Lipinski definition) is 1. The number of esters is 3. The molecule has 0 saturated carbocycles. The molecular formula is C18H25NO9. The standard InChI is InChI=1S/C18H25NO9/c1-9(21)25-14-12(8-20)7-13(19-17(24)28-18(4,5)6)15(26-10(2)22)16(14)27-11(3)23/h7-8,13-16H,1-6H3,(H,19,24)/t13?,14-,15+,16+/m1/s1. The lowest BCUT2D eigenvalue weighted by atomic mass is 9.88. The fourth-order valence-electron chi connectivity index (χ4n) is 2.60. The summed E-state index contributed by atoms with van der Waals surface area (Å²) in [5.41, 5.74) is -0.867. The summed E-state index contributed by atoms with van der Waals surface area (Å²) in [4.78, 5) is 58.3. The summed E-state index contributed by atoms with van der Waals surface area (Å²) in [7, 11) is 0. The quantitative estimate of drug-likeness (QED) is 0.405. The van der Waals surface area contributed by atoms with Crippen LogP contribution in [0.4, 0.5) is 4.79 Å². The molecule has 10 heteroatoms. The van der Waals surface area contributed by atoms with Crippen LogP contribution in [0.2, 0.25) is 0 Å². The number of alkyl carbamates (subject to hydrolysis) is 1. The second kappa shape index (κ2) is 9.34. The van der Waals surface area contributed by atoms with Crippen molar-refractivity contribution in [2.45, 2.75) is 71.5 Å². The number of aldehydes is 1. The van der Waals surface area contributed by atoms with Gasteiger partial charge in [-0.3, -0.25) is 19.2 Å². The number of amides is 1. The van der Waals surface area contributed by atoms with E-state index in [0.29, 0.717) is 6.29 Å². The van der Waals surface area contributed by atoms with Crippen molar-refractivity contribution in [1.29, 1.82) is 0 Å². The third-order valence-corrected chi connectivity index (χ3v) is 3.39. The largest absolute Gasteiger partial charge is 0.456 e. The van der Waals surface area contributed by atoms with E-state index < -0.39 is 54.0 Å². The number of rotatable bonds is 5. The second-order valence-corrected chi connectivity index (χ2v) is 7.13. The molecule has 0 aromatic heterocycles. The topological polar surface area (TPSA) is 134 Å². The zero-order valence-corrected chi connectivity index (χ0v) is 16.6. The predicted molar refractivity (Wildman–Crippen MR) is 94.0 cm³/mol. The first-order valence-corrected chi connectivity index (χ1v) is 8.52. The Morgan fingerprint density at radius 2 is 1.43 bits per heavy atom. The summed E-state index contributed by atoms with van der Waals surface area (Å²) in [5.74, 6) is -2.24. The number of hydrogen-bond acceptors (Lipinski definition) is 9. The van der Waals surface area contributed by atoms with Crippen molar-refractivity contribution in [2.24, 2.45) is 0 Å². The van der Waals surface area contributed by atoms with E-state index >= 15 is 0 Å². The smallest absolute Gasteiger partial charge is 0.408 e. The van der Waals surface area contributed by atoms with Gasteiger partial charge in [-0.25, -0.2) is 4.79 Å². The summed E-state index contributed by atoms with van der Waals surface area (Å²) in [6.45, 7) is 8.30. The van der Waals surface area contributed by atoms with Crippen molar-refractivity contribution < 1.29 is 42.9 Å². The van der Waals surface area contributed by atoms with Crippen LogP contribution in [0.3, 0.4) is 0 Å². The third-order valence-electron chi connectivity index (χ3n) is 3.39. The molecule has 1 amide bonds. The van der Waals surface area contributed by atoms with E-state index in [1.807, 2.05) is 0 Å². The molecule has 0 heterocycles. The third kappa shape index (κ3) is 7.01. The monoisotopic (exact) mass is 399 g/mol. The van der Waals surface area contributed by atoms with Crippen molar-refractivity contribution in [2.75, 3.05) is 0 Å². The normalized spacial score (nSPS) is 24.3. The summed E-state index contributed by atoms with van der Waals surface area (Å²) >= 11 is 0. The van der Waals surface area contributed by atoms with Gasteiger partial charge in [0.15, 0.2) is 18.3 Å². The van der Waals surface area contributed by atoms with Crippen LogP contribution in [0.25, 0.3) is 0 Å². The van der Waals surface area contributed by atoms with E-state index in [0.717, 1.165) is 20.8 Å². The van der Waals surface area contributed by atoms with Gasteiger partial charge in [0.2, 0.25) is 0 Å². The number of carbonyl (C=O) groups excluding carboxylic acids is 5. The molecule has 28 heavy (non-hydrogen) atoms. The predicted octanol–water partition coefficient (Wildman–Crippen LogP) is 0.814. The second-order valence-electron chi connectivity index (χ2n) is 7.13. The van der Waals surface area contributed by atoms with Crippen molar-refractivity contribution >= 4 is 30.3 Å². The van der Waals surface area contributed by atoms with Crippen LogP contribution in [0.15, 0.2) is 11.6 Å². The highest BCUT2D eigenvalue weighted by molar-refractivity contribution is 5.79. The Labute approximate surface area is 162 Å². The molecule has 1 N–H and O–H groups in total. The van der Waals surface area contributed by atoms with Gasteiger partial charge in [0.05, 0.1) is 6.04 Å². The van der Waals surface area contributed by atoms with Crippen LogP contribution in [-0.2, 0) is 38.1 Å². The molecule has 4 atom stereocenters. The molecule has 1 unspecified atom stereocenters. The molecule has 0 bridgehead atoms. The number of nitrogens with one attached hydrogen (secondary N) is 1. The summed E-state index contributed by atoms with van der Waals surface area (Å²) in [6, 6.07) is -1.07. The maximum atomic E-state index is 12.2. The van der Waals surface area contributed by atoms with E-state index in [4.69, 9.17) is 18.9 Å². The maximum absolute atomic E-state index is 12.2. The van der Waals surface area contributed by atoms with Crippen molar-refractivity contribution in [3.63, 3.8) is 0 Å². The Morgan fingerprint density at radius 1 is 0.929 bits per heavy atom. The number of ether oxygens (including phenoxy) is 4. The molecule has 0 aliphatic heterocycles. The molecule has 10 nitrogen and oxygen atoms in total. The summed E-state index contributed by atoms with van der Waals surface area (Å²) in [5, 5.41) is 2.47. The lowest BCUT2D eigenvalue weighted by Crippen LogP contribution is -2.59. The molecule has 0 radical (unpaired) electrons. The van der Waals surface area contributed by atoms with E-state index in [9.17, 15) is 24.0 Å². The maximum Gasteiger partial charge on any atom is 0.408 e. The van der Waals surface area contributed by atoms with Gasteiger partial charge in [0, 0.05) is 26.3 Å². The summed E-state index contributed by atoms with van der Waals surface area (Å²) in [6.07, 6.45) is -3.10. The van der Waals surface area contributed by atoms with Crippen molar-refractivity contribution in [1.82, 2.24) is 5.32 Å². The van der Waals surface area contributed by atoms with Crippen LogP contribution in [0.1, 0.15) is 41.5 Å². The Hall–Kier alpha value is -2.91. The van der Waals surface area contributed by atoms with Gasteiger partial charge < -0.3 is 24.3 Å². The molecule has 0 aromatic rings. The molecule has 1 rings (SSSR count). The van der Waals surface area contributed by atoms with Gasteiger partial charge in [-0.05, 0) is 26.8 Å². The first kappa shape index (κ1) is 23.1. The number of carbonyl (C=O) groups is 5. The zero-order chi connectivity index (χ0) is 21.6. The zero-order valence-electron chi connectivity index (χ0n) is 16.6. The van der Waals surface area contributed by atoms with Gasteiger partial charge in [-0.2, -0.15) is 0 Å². The lowest BCUT2D eigenvalue weighted by Gasteiger charge is -2.39. The average Bonchev–Trinajstić information content (AvgIpc) is 2.49. The molecule has 1 aliphatic rings. The van der Waals surface area contributed by atoms with E-state index in [2.05, 4.69) is 5.32 Å². The minimum atomic E-state index is -1.35. The molecule has 1 aliphatic carbocycles. The molecule has 0 saturated heterocycles. The SMILES string of the molecule is CC(=O)O[C@H]1[C@H](OC(C)=O)C(C=O)=CC(NC(=O)OC(C)(C)C)[C@@H]1OC(C)=O. The van der Waals surface area contributed by atoms with Gasteiger partial charge in [0.1, 0.15) is 11.9 Å². The fraction of sp³-hybridized carbons (Fsp3) is 0.611. The van der Waals surface area contributed by atoms with Crippen LogP contribution in [-0.4, -0.2) is 60.2 Å². The molecule has 0 spiro atoms. The highest BCUT2D eigenvalue weighted by Gasteiger charge is 2.47. The van der Waals surface area contributed by atoms with E-state index in [1.165, 1.54) is 6.08 Å². The summed E-state index contributed by atoms with van der Waals surface area (Å²) < 4.78 is 20.7. The van der Waals surface area contributed by atoms with Gasteiger partial charge in [-0.15, -0.1) is 0 Å². The van der Waals surface area contributed by atoms with Gasteiger partial charge >= 0.3 is 24.0 Å². The first-order chi connectivity index (χ1) is 12.8. The Balaban J connectivity index is 3.34. The highest BCUT2D eigenvalue weighted by atomic mass is 16.6. The fourth-order valence-corrected chi connectivity index (χ4v) is 2.60. The Bertz CT molecular complexity index is 677. The van der Waals surface area contributed by atoms with Crippen LogP contribution in [0.5, 0.6) is 0 Å². The molecule has 0 fully saturated rings. The lowest BCUT2D eigenvalue weighted by molar-refractivity contribution is -0.183. The Morgan fingerprint density at radius 3 is 1.86 bits per heavy atom. The van der Waals surface area contributed by atoms with E-state index in [1.54, 1.807) is 20.8 Å². The minimum absolute atomic E-state index is 0.0640. The van der Waals surface area contributed by atoms with Crippen LogP contribution < -0.4 is 5.32 Å². The molecule has 156 valence electrons. The first-order valence-electron chi connectivity index (χ1n) is 8.52. The average molecular weight is 399 g/mol. The van der Waals surface area contributed by atoms with Gasteiger partial charge in [0.25, 0.3) is 0 Å². The molecular weight excluding hydrogens is 374 g/mol. The molecule has 0 aromatic carbocycles. The minimum Gasteiger partial charge on any atom is -0.456 e. The van der Waals surface area contributed by atoms with Crippen molar-refractivity contribution in [3.05, 3.63) is 11.6 Å². The van der Waals surface area contributed by atoms with Crippen molar-refractivity contribution in [3.8, 4) is 0 Å². The van der Waals surface area contributed by atoms with Crippen LogP contribution >= 0.6 is 0 Å². The van der Waals surface area contributed by atoms with E-state index in [-0.39, 0.29) is 5.57 Å².